The molecule has 1 saturated heterocycles. The molecule has 1 aromatic heterocycles. The van der Waals surface area contributed by atoms with Crippen molar-refractivity contribution in [3.8, 4) is 0 Å². The van der Waals surface area contributed by atoms with E-state index in [1.807, 2.05) is 12.3 Å². The minimum atomic E-state index is -0.461. The van der Waals surface area contributed by atoms with Crippen LogP contribution in [0.4, 0.5) is 5.82 Å². The number of hydrogen-bond acceptors (Lipinski definition) is 5. The van der Waals surface area contributed by atoms with Gasteiger partial charge in [0.1, 0.15) is 11.5 Å². The molecule has 6 N–H and O–H groups in total. The summed E-state index contributed by atoms with van der Waals surface area (Å²) in [5.41, 5.74) is 6.53. The number of nitrogens with one attached hydrogen (secondary N) is 4. The van der Waals surface area contributed by atoms with Crippen LogP contribution < -0.4 is 21.7 Å². The quantitative estimate of drug-likeness (QED) is 0.541. The smallest absolute Gasteiger partial charge is 0.196 e. The highest BCUT2D eigenvalue weighted by Gasteiger charge is 2.35. The molecule has 104 valence electrons. The van der Waals surface area contributed by atoms with Crippen molar-refractivity contribution < 1.29 is 0 Å². The number of piperidine rings is 1. The molecule has 0 radical (unpaired) electrons. The van der Waals surface area contributed by atoms with E-state index in [9.17, 15) is 0 Å². The summed E-state index contributed by atoms with van der Waals surface area (Å²) < 4.78 is 0. The summed E-state index contributed by atoms with van der Waals surface area (Å²) in [4.78, 5) is 7.73. The summed E-state index contributed by atoms with van der Waals surface area (Å²) in [5, 5.41) is 10.2. The third-order valence-electron chi connectivity index (χ3n) is 4.01. The van der Waals surface area contributed by atoms with Crippen LogP contribution in [0.3, 0.4) is 0 Å². The van der Waals surface area contributed by atoms with Crippen LogP contribution in [0, 0.1) is 0 Å². The summed E-state index contributed by atoms with van der Waals surface area (Å²) >= 11 is 0. The van der Waals surface area contributed by atoms with Gasteiger partial charge in [0.2, 0.25) is 0 Å². The van der Waals surface area contributed by atoms with Gasteiger partial charge in [0.05, 0.1) is 0 Å². The van der Waals surface area contributed by atoms with Crippen molar-refractivity contribution in [2.24, 2.45) is 10.7 Å². The first-order chi connectivity index (χ1) is 9.07. The van der Waals surface area contributed by atoms with Gasteiger partial charge in [-0.2, -0.15) is 0 Å². The molecule has 19 heavy (non-hydrogen) atoms. The summed E-state index contributed by atoms with van der Waals surface area (Å²) in [6.07, 6.45) is 4.25. The van der Waals surface area contributed by atoms with E-state index in [-0.39, 0.29) is 0 Å². The Labute approximate surface area is 113 Å². The summed E-state index contributed by atoms with van der Waals surface area (Å²) in [7, 11) is 0. The van der Waals surface area contributed by atoms with Crippen LogP contribution in [0.2, 0.25) is 0 Å². The lowest BCUT2D eigenvalue weighted by molar-refractivity contribution is 0.262. The SMILES string of the molecule is C[C@H]1CC[C@@H](NC2(C)N=C(N)Nc3[nH]ccc32)CN1. The number of rotatable bonds is 2. The van der Waals surface area contributed by atoms with Gasteiger partial charge in [-0.3, -0.25) is 5.32 Å². The highest BCUT2D eigenvalue weighted by atomic mass is 15.3. The summed E-state index contributed by atoms with van der Waals surface area (Å²) in [6, 6.07) is 3.07. The monoisotopic (exact) mass is 262 g/mol. The fourth-order valence-corrected chi connectivity index (χ4v) is 2.97. The average molecular weight is 262 g/mol. The molecule has 1 unspecified atom stereocenters. The van der Waals surface area contributed by atoms with E-state index >= 15 is 0 Å². The Morgan fingerprint density at radius 3 is 3.05 bits per heavy atom. The molecule has 3 rings (SSSR count). The van der Waals surface area contributed by atoms with Crippen molar-refractivity contribution >= 4 is 11.8 Å². The number of aromatic amines is 1. The van der Waals surface area contributed by atoms with Crippen LogP contribution in [0.15, 0.2) is 17.3 Å². The highest BCUT2D eigenvalue weighted by molar-refractivity contribution is 5.94. The standard InChI is InChI=1S/C13H22N6/c1-8-3-4-9(7-16-8)18-13(2)10-5-6-15-11(10)17-12(14)19-13/h5-6,8-9,15-16,18H,3-4,7H2,1-2H3,(H3,14,17,19)/t8-,9+,13?/m0/s1. The molecule has 3 heterocycles. The van der Waals surface area contributed by atoms with Gasteiger partial charge in [-0.05, 0) is 32.8 Å². The number of H-pyrrole nitrogens is 1. The zero-order valence-electron chi connectivity index (χ0n) is 11.5. The number of aliphatic imine (C=N–C) groups is 1. The van der Waals surface area contributed by atoms with E-state index in [4.69, 9.17) is 5.73 Å². The molecule has 6 nitrogen and oxygen atoms in total. The fourth-order valence-electron chi connectivity index (χ4n) is 2.97. The molecular weight excluding hydrogens is 240 g/mol. The van der Waals surface area contributed by atoms with Gasteiger partial charge in [0, 0.05) is 30.4 Å². The molecule has 0 aromatic carbocycles. The minimum Gasteiger partial charge on any atom is -0.370 e. The number of guanidine groups is 1. The lowest BCUT2D eigenvalue weighted by atomic mass is 9.97. The van der Waals surface area contributed by atoms with Crippen molar-refractivity contribution in [3.63, 3.8) is 0 Å². The van der Waals surface area contributed by atoms with Gasteiger partial charge in [-0.15, -0.1) is 0 Å². The summed E-state index contributed by atoms with van der Waals surface area (Å²) in [6.45, 7) is 5.27. The number of nitrogens with zero attached hydrogens (tertiary/aromatic N) is 1. The Balaban J connectivity index is 1.80. The molecular formula is C13H22N6. The van der Waals surface area contributed by atoms with Gasteiger partial charge in [0.15, 0.2) is 5.96 Å². The predicted octanol–water partition coefficient (Wildman–Crippen LogP) is 0.658. The second kappa shape index (κ2) is 4.54. The molecule has 2 aliphatic rings. The fraction of sp³-hybridized carbons (Fsp3) is 0.615. The lowest BCUT2D eigenvalue weighted by Gasteiger charge is -2.37. The maximum Gasteiger partial charge on any atom is 0.196 e. The molecule has 1 fully saturated rings. The third-order valence-corrected chi connectivity index (χ3v) is 4.01. The number of aromatic nitrogens is 1. The van der Waals surface area contributed by atoms with E-state index < -0.39 is 5.66 Å². The van der Waals surface area contributed by atoms with Gasteiger partial charge >= 0.3 is 0 Å². The Kier molecular flexibility index (Phi) is 2.99. The molecule has 2 aliphatic heterocycles. The zero-order valence-corrected chi connectivity index (χ0v) is 11.5. The van der Waals surface area contributed by atoms with Crippen molar-refractivity contribution in [2.75, 3.05) is 11.9 Å². The predicted molar refractivity (Wildman–Crippen MR) is 77.0 cm³/mol. The topological polar surface area (TPSA) is 90.3 Å². The second-order valence-corrected chi connectivity index (χ2v) is 5.69. The Morgan fingerprint density at radius 2 is 2.32 bits per heavy atom. The van der Waals surface area contributed by atoms with Crippen LogP contribution >= 0.6 is 0 Å². The van der Waals surface area contributed by atoms with Crippen molar-refractivity contribution in [1.82, 2.24) is 15.6 Å². The zero-order chi connectivity index (χ0) is 13.5. The second-order valence-electron chi connectivity index (χ2n) is 5.69. The van der Waals surface area contributed by atoms with Gasteiger partial charge in [-0.25, -0.2) is 4.99 Å². The lowest BCUT2D eigenvalue weighted by Crippen LogP contribution is -2.54. The van der Waals surface area contributed by atoms with Crippen LogP contribution in [0.1, 0.15) is 32.3 Å². The Morgan fingerprint density at radius 1 is 1.47 bits per heavy atom. The minimum absolute atomic E-state index is 0.415. The number of hydrogen-bond donors (Lipinski definition) is 5. The van der Waals surface area contributed by atoms with Crippen molar-refractivity contribution in [3.05, 3.63) is 17.8 Å². The molecule has 6 heteroatoms. The van der Waals surface area contributed by atoms with Crippen LogP contribution in [0.25, 0.3) is 0 Å². The average Bonchev–Trinajstić information content (AvgIpc) is 2.81. The molecule has 3 atom stereocenters. The highest BCUT2D eigenvalue weighted by Crippen LogP contribution is 2.32. The Bertz CT molecular complexity index is 485. The number of fused-ring (bicyclic) bond motifs is 1. The summed E-state index contributed by atoms with van der Waals surface area (Å²) in [5.74, 6) is 1.38. The molecule has 0 saturated carbocycles. The first kappa shape index (κ1) is 12.5. The first-order valence-corrected chi connectivity index (χ1v) is 6.88. The number of anilines is 1. The van der Waals surface area contributed by atoms with Crippen LogP contribution in [-0.4, -0.2) is 29.6 Å². The largest absolute Gasteiger partial charge is 0.370 e. The molecule has 0 spiro atoms. The number of nitrogens with two attached hydrogens (primary N) is 1. The molecule has 0 amide bonds. The van der Waals surface area contributed by atoms with Crippen LogP contribution in [-0.2, 0) is 5.66 Å². The molecule has 0 bridgehead atoms. The van der Waals surface area contributed by atoms with E-state index in [0.29, 0.717) is 18.0 Å². The van der Waals surface area contributed by atoms with Gasteiger partial charge in [-0.1, -0.05) is 0 Å². The molecule has 0 aliphatic carbocycles. The van der Waals surface area contributed by atoms with Gasteiger partial charge in [0.25, 0.3) is 0 Å². The van der Waals surface area contributed by atoms with Crippen LogP contribution in [0.5, 0.6) is 0 Å². The Hall–Kier alpha value is -1.53. The van der Waals surface area contributed by atoms with E-state index in [2.05, 4.69) is 39.8 Å². The first-order valence-electron chi connectivity index (χ1n) is 6.88. The van der Waals surface area contributed by atoms with E-state index in [1.54, 1.807) is 0 Å². The van der Waals surface area contributed by atoms with Crippen molar-refractivity contribution in [1.29, 1.82) is 0 Å². The van der Waals surface area contributed by atoms with E-state index in [1.165, 1.54) is 6.42 Å². The van der Waals surface area contributed by atoms with Gasteiger partial charge < -0.3 is 21.4 Å². The van der Waals surface area contributed by atoms with Crippen molar-refractivity contribution in [2.45, 2.75) is 44.4 Å². The maximum atomic E-state index is 5.87. The maximum absolute atomic E-state index is 5.87. The third kappa shape index (κ3) is 2.33. The normalized spacial score (nSPS) is 34.3. The van der Waals surface area contributed by atoms with E-state index in [0.717, 1.165) is 24.3 Å². The molecule has 1 aromatic rings.